The molecule has 0 bridgehead atoms. The van der Waals surface area contributed by atoms with Gasteiger partial charge in [0, 0.05) is 10.2 Å². The van der Waals surface area contributed by atoms with Crippen LogP contribution in [-0.4, -0.2) is 21.6 Å². The van der Waals surface area contributed by atoms with Crippen LogP contribution in [-0.2, 0) is 6.42 Å². The molecule has 0 radical (unpaired) electrons. The number of aryl methyl sites for hydroxylation is 1. The molecule has 2 nitrogen and oxygen atoms in total. The molecule has 0 saturated heterocycles. The van der Waals surface area contributed by atoms with Crippen LogP contribution in [0.1, 0.15) is 55.6 Å². The number of rotatable bonds is 9. The van der Waals surface area contributed by atoms with E-state index in [1.54, 1.807) is 11.3 Å². The highest BCUT2D eigenvalue weighted by atomic mass is 79.9. The van der Waals surface area contributed by atoms with Crippen LogP contribution in [0.3, 0.4) is 0 Å². The van der Waals surface area contributed by atoms with E-state index in [9.17, 15) is 10.2 Å². The van der Waals surface area contributed by atoms with Crippen molar-refractivity contribution in [2.45, 2.75) is 57.7 Å². The molecular formula is C14H23BrO2S. The van der Waals surface area contributed by atoms with Gasteiger partial charge in [0.25, 0.3) is 0 Å². The zero-order chi connectivity index (χ0) is 13.4. The second kappa shape index (κ2) is 9.08. The zero-order valence-corrected chi connectivity index (χ0v) is 13.3. The summed E-state index contributed by atoms with van der Waals surface area (Å²) in [5, 5.41) is 22.7. The zero-order valence-electron chi connectivity index (χ0n) is 10.9. The van der Waals surface area contributed by atoms with Gasteiger partial charge >= 0.3 is 0 Å². The van der Waals surface area contributed by atoms with Crippen LogP contribution in [0.2, 0.25) is 0 Å². The molecule has 0 aromatic carbocycles. The number of hydrogen-bond acceptors (Lipinski definition) is 3. The van der Waals surface area contributed by atoms with Gasteiger partial charge in [-0.05, 0) is 36.3 Å². The maximum atomic E-state index is 10.1. The van der Waals surface area contributed by atoms with E-state index in [1.807, 2.05) is 5.38 Å². The van der Waals surface area contributed by atoms with Gasteiger partial charge in [0.15, 0.2) is 0 Å². The van der Waals surface area contributed by atoms with Crippen molar-refractivity contribution in [2.75, 3.05) is 5.33 Å². The average molecular weight is 335 g/mol. The average Bonchev–Trinajstić information content (AvgIpc) is 2.82. The Bertz CT molecular complexity index is 327. The molecule has 1 aromatic heterocycles. The second-order valence-electron chi connectivity index (χ2n) is 4.61. The summed E-state index contributed by atoms with van der Waals surface area (Å²) < 4.78 is 0. The summed E-state index contributed by atoms with van der Waals surface area (Å²) in [6, 6.07) is 2.08. The Morgan fingerprint density at radius 1 is 1.28 bits per heavy atom. The van der Waals surface area contributed by atoms with Crippen LogP contribution in [0.25, 0.3) is 0 Å². The van der Waals surface area contributed by atoms with Gasteiger partial charge in [-0.3, -0.25) is 0 Å². The van der Waals surface area contributed by atoms with E-state index < -0.39 is 12.2 Å². The second-order valence-corrected chi connectivity index (χ2v) is 6.35. The van der Waals surface area contributed by atoms with Gasteiger partial charge in [0.1, 0.15) is 6.10 Å². The van der Waals surface area contributed by atoms with Crippen LogP contribution in [0.5, 0.6) is 0 Å². The first-order valence-electron chi connectivity index (χ1n) is 6.69. The quantitative estimate of drug-likeness (QED) is 0.528. The lowest BCUT2D eigenvalue weighted by molar-refractivity contribution is 0.0190. The van der Waals surface area contributed by atoms with Crippen LogP contribution in [0, 0.1) is 0 Å². The Kier molecular flexibility index (Phi) is 8.15. The minimum atomic E-state index is -0.733. The number of halogens is 1. The number of aliphatic hydroxyl groups is 2. The van der Waals surface area contributed by atoms with E-state index >= 15 is 0 Å². The third kappa shape index (κ3) is 5.00. The monoisotopic (exact) mass is 334 g/mol. The standard InChI is InChI=1S/C14H23BrO2S/c1-2-3-4-5-6-11-8-10-18-14(11)13(17)12(16)7-9-15/h8,10,12-13,16-17H,2-7,9H2,1H3. The molecule has 0 aliphatic carbocycles. The third-order valence-corrected chi connectivity index (χ3v) is 4.61. The Balaban J connectivity index is 2.52. The lowest BCUT2D eigenvalue weighted by Crippen LogP contribution is -2.18. The molecule has 1 heterocycles. The summed E-state index contributed by atoms with van der Waals surface area (Å²) in [6.07, 6.45) is 5.11. The topological polar surface area (TPSA) is 40.5 Å². The van der Waals surface area contributed by atoms with Gasteiger partial charge < -0.3 is 10.2 Å². The van der Waals surface area contributed by atoms with Crippen LogP contribution >= 0.6 is 27.3 Å². The third-order valence-electron chi connectivity index (χ3n) is 3.12. The minimum absolute atomic E-state index is 0.578. The van der Waals surface area contributed by atoms with Gasteiger partial charge in [-0.25, -0.2) is 0 Å². The summed E-state index contributed by atoms with van der Waals surface area (Å²) in [4.78, 5) is 0.944. The van der Waals surface area contributed by atoms with Gasteiger partial charge in [0.05, 0.1) is 6.10 Å². The van der Waals surface area contributed by atoms with Gasteiger partial charge in [0.2, 0.25) is 0 Å². The molecule has 1 aromatic rings. The molecule has 2 atom stereocenters. The fourth-order valence-electron chi connectivity index (χ4n) is 2.00. The normalized spacial score (nSPS) is 14.7. The highest BCUT2D eigenvalue weighted by molar-refractivity contribution is 9.09. The lowest BCUT2D eigenvalue weighted by Gasteiger charge is -2.17. The smallest absolute Gasteiger partial charge is 0.114 e. The van der Waals surface area contributed by atoms with Crippen molar-refractivity contribution in [3.05, 3.63) is 21.9 Å². The SMILES string of the molecule is CCCCCCc1ccsc1C(O)C(O)CCBr. The highest BCUT2D eigenvalue weighted by Crippen LogP contribution is 2.29. The maximum Gasteiger partial charge on any atom is 0.114 e. The molecule has 2 unspecified atom stereocenters. The molecule has 0 spiro atoms. The first-order valence-corrected chi connectivity index (χ1v) is 8.69. The van der Waals surface area contributed by atoms with Crippen molar-refractivity contribution in [3.8, 4) is 0 Å². The largest absolute Gasteiger partial charge is 0.390 e. The van der Waals surface area contributed by atoms with Gasteiger partial charge in [-0.2, -0.15) is 0 Å². The summed E-state index contributed by atoms with van der Waals surface area (Å²) in [7, 11) is 0. The fourth-order valence-corrected chi connectivity index (χ4v) is 3.47. The van der Waals surface area contributed by atoms with E-state index in [0.717, 1.165) is 11.3 Å². The van der Waals surface area contributed by atoms with Crippen molar-refractivity contribution in [1.29, 1.82) is 0 Å². The summed E-state index contributed by atoms with van der Waals surface area (Å²) in [6.45, 7) is 2.20. The molecule has 0 aliphatic rings. The molecule has 0 aliphatic heterocycles. The highest BCUT2D eigenvalue weighted by Gasteiger charge is 2.21. The van der Waals surface area contributed by atoms with Crippen molar-refractivity contribution in [2.24, 2.45) is 0 Å². The van der Waals surface area contributed by atoms with E-state index in [2.05, 4.69) is 28.9 Å². The van der Waals surface area contributed by atoms with E-state index in [-0.39, 0.29) is 0 Å². The summed E-state index contributed by atoms with van der Waals surface area (Å²) in [5.74, 6) is 0. The van der Waals surface area contributed by atoms with Crippen molar-refractivity contribution < 1.29 is 10.2 Å². The van der Waals surface area contributed by atoms with E-state index in [0.29, 0.717) is 11.8 Å². The number of alkyl halides is 1. The van der Waals surface area contributed by atoms with Crippen molar-refractivity contribution in [1.82, 2.24) is 0 Å². The van der Waals surface area contributed by atoms with Gasteiger partial charge in [-0.15, -0.1) is 11.3 Å². The van der Waals surface area contributed by atoms with Crippen LogP contribution in [0.15, 0.2) is 11.4 Å². The molecule has 0 fully saturated rings. The maximum absolute atomic E-state index is 10.1. The van der Waals surface area contributed by atoms with Crippen molar-refractivity contribution >= 4 is 27.3 Å². The Labute approximate surface area is 122 Å². The predicted molar refractivity (Wildman–Crippen MR) is 81.5 cm³/mol. The van der Waals surface area contributed by atoms with Crippen LogP contribution < -0.4 is 0 Å². The molecule has 0 saturated carbocycles. The van der Waals surface area contributed by atoms with Crippen molar-refractivity contribution in [3.63, 3.8) is 0 Å². The molecule has 1 rings (SSSR count). The number of thiophene rings is 1. The molecule has 4 heteroatoms. The fraction of sp³-hybridized carbons (Fsp3) is 0.714. The minimum Gasteiger partial charge on any atom is -0.390 e. The first kappa shape index (κ1) is 16.2. The number of hydrogen-bond donors (Lipinski definition) is 2. The molecule has 18 heavy (non-hydrogen) atoms. The first-order chi connectivity index (χ1) is 8.70. The van der Waals surface area contributed by atoms with Crippen LogP contribution in [0.4, 0.5) is 0 Å². The van der Waals surface area contributed by atoms with E-state index in [1.165, 1.54) is 31.2 Å². The molecule has 104 valence electrons. The Morgan fingerprint density at radius 3 is 2.72 bits per heavy atom. The Morgan fingerprint density at radius 2 is 2.06 bits per heavy atom. The number of unbranched alkanes of at least 4 members (excludes halogenated alkanes) is 3. The summed E-state index contributed by atoms with van der Waals surface area (Å²) >= 11 is 4.84. The molecular weight excluding hydrogens is 312 g/mol. The summed E-state index contributed by atoms with van der Waals surface area (Å²) in [5.41, 5.74) is 1.21. The lowest BCUT2D eigenvalue weighted by atomic mass is 10.0. The van der Waals surface area contributed by atoms with E-state index in [4.69, 9.17) is 0 Å². The Hall–Kier alpha value is 0.100. The predicted octanol–water partition coefficient (Wildman–Crippen LogP) is 4.05. The van der Waals surface area contributed by atoms with Gasteiger partial charge in [-0.1, -0.05) is 42.1 Å². The number of aliphatic hydroxyl groups excluding tert-OH is 2. The molecule has 2 N–H and O–H groups in total. The molecule has 0 amide bonds.